The molecule has 1 aromatic heterocycles. The van der Waals surface area contributed by atoms with Crippen molar-refractivity contribution < 1.29 is 0 Å². The van der Waals surface area contributed by atoms with Crippen molar-refractivity contribution >= 4 is 55.0 Å². The lowest BCUT2D eigenvalue weighted by atomic mass is 10.0. The van der Waals surface area contributed by atoms with Gasteiger partial charge < -0.3 is 4.98 Å². The van der Waals surface area contributed by atoms with Gasteiger partial charge in [0.15, 0.2) is 0 Å². The van der Waals surface area contributed by atoms with Gasteiger partial charge in [-0.25, -0.2) is 0 Å². The molecule has 0 spiro atoms. The highest BCUT2D eigenvalue weighted by molar-refractivity contribution is 6.32. The van der Waals surface area contributed by atoms with E-state index < -0.39 is 0 Å². The van der Waals surface area contributed by atoms with E-state index in [9.17, 15) is 0 Å². The molecule has 0 saturated carbocycles. The van der Waals surface area contributed by atoms with Gasteiger partial charge in [-0.05, 0) is 34.4 Å². The van der Waals surface area contributed by atoms with E-state index in [0.717, 1.165) is 10.5 Å². The maximum atomic E-state index is 6.20. The Hall–Kier alpha value is -2.51. The van der Waals surface area contributed by atoms with Crippen LogP contribution in [0.4, 0.5) is 0 Å². The zero-order chi connectivity index (χ0) is 14.7. The van der Waals surface area contributed by atoms with Crippen molar-refractivity contribution in [1.29, 1.82) is 0 Å². The summed E-state index contributed by atoms with van der Waals surface area (Å²) in [5.41, 5.74) is 2.33. The van der Waals surface area contributed by atoms with Crippen molar-refractivity contribution in [2.24, 2.45) is 0 Å². The molecule has 4 aromatic carbocycles. The summed E-state index contributed by atoms with van der Waals surface area (Å²) in [4.78, 5) is 3.58. The molecule has 22 heavy (non-hydrogen) atoms. The number of aromatic nitrogens is 1. The van der Waals surface area contributed by atoms with Gasteiger partial charge in [-0.1, -0.05) is 60.1 Å². The molecular weight excluding hydrogens is 290 g/mol. The highest BCUT2D eigenvalue weighted by atomic mass is 35.5. The molecule has 0 aliphatic carbocycles. The van der Waals surface area contributed by atoms with Crippen LogP contribution in [0, 0.1) is 0 Å². The predicted octanol–water partition coefficient (Wildman–Crippen LogP) is 6.28. The largest absolute Gasteiger partial charge is 0.354 e. The van der Waals surface area contributed by atoms with E-state index in [2.05, 4.69) is 59.6 Å². The third-order valence-electron chi connectivity index (χ3n) is 4.44. The normalized spacial score (nSPS) is 11.9. The third kappa shape index (κ3) is 1.54. The molecule has 0 aliphatic rings. The van der Waals surface area contributed by atoms with E-state index >= 15 is 0 Å². The lowest BCUT2D eigenvalue weighted by Crippen LogP contribution is -1.76. The molecule has 1 nitrogen and oxygen atoms in total. The van der Waals surface area contributed by atoms with E-state index in [4.69, 9.17) is 11.6 Å². The van der Waals surface area contributed by atoms with Crippen LogP contribution in [0.5, 0.6) is 0 Å². The van der Waals surface area contributed by atoms with Crippen molar-refractivity contribution in [3.05, 3.63) is 71.8 Å². The predicted molar refractivity (Wildman–Crippen MR) is 95.8 cm³/mol. The number of hydrogen-bond donors (Lipinski definition) is 1. The average molecular weight is 302 g/mol. The zero-order valence-corrected chi connectivity index (χ0v) is 12.5. The summed E-state index contributed by atoms with van der Waals surface area (Å²) >= 11 is 6.20. The van der Waals surface area contributed by atoms with E-state index in [1.165, 1.54) is 37.8 Å². The molecule has 0 saturated heterocycles. The number of H-pyrrole nitrogens is 1. The molecule has 0 aliphatic heterocycles. The Bertz CT molecular complexity index is 1180. The number of aromatic amines is 1. The van der Waals surface area contributed by atoms with Crippen LogP contribution in [0.1, 0.15) is 0 Å². The lowest BCUT2D eigenvalue weighted by Gasteiger charge is -2.02. The first-order valence-electron chi connectivity index (χ1n) is 7.33. The molecule has 5 rings (SSSR count). The Labute approximate surface area is 132 Å². The minimum Gasteiger partial charge on any atom is -0.354 e. The maximum Gasteiger partial charge on any atom is 0.0545 e. The number of fused-ring (bicyclic) bond motifs is 7. The minimum atomic E-state index is 0.767. The van der Waals surface area contributed by atoms with E-state index in [1.54, 1.807) is 0 Å². The number of nitrogens with one attached hydrogen (secondary N) is 1. The van der Waals surface area contributed by atoms with Gasteiger partial charge in [-0.15, -0.1) is 0 Å². The number of hydrogen-bond acceptors (Lipinski definition) is 0. The summed E-state index contributed by atoms with van der Waals surface area (Å²) in [6, 6.07) is 23.3. The Morgan fingerprint density at radius 2 is 1.45 bits per heavy atom. The Morgan fingerprint density at radius 3 is 2.41 bits per heavy atom. The van der Waals surface area contributed by atoms with Crippen LogP contribution in [-0.4, -0.2) is 4.98 Å². The second kappa shape index (κ2) is 4.25. The first-order valence-corrected chi connectivity index (χ1v) is 7.70. The Kier molecular flexibility index (Phi) is 2.33. The molecule has 0 amide bonds. The van der Waals surface area contributed by atoms with Gasteiger partial charge in [0.2, 0.25) is 0 Å². The molecule has 5 aromatic rings. The molecule has 1 N–H and O–H groups in total. The average Bonchev–Trinajstić information content (AvgIpc) is 2.94. The summed E-state index contributed by atoms with van der Waals surface area (Å²) in [6.45, 7) is 0. The number of rotatable bonds is 0. The minimum absolute atomic E-state index is 0.767. The second-order valence-electron chi connectivity index (χ2n) is 5.69. The Morgan fingerprint density at radius 1 is 0.682 bits per heavy atom. The van der Waals surface area contributed by atoms with Gasteiger partial charge >= 0.3 is 0 Å². The van der Waals surface area contributed by atoms with Crippen molar-refractivity contribution in [2.45, 2.75) is 0 Å². The molecule has 0 radical (unpaired) electrons. The van der Waals surface area contributed by atoms with Gasteiger partial charge in [0, 0.05) is 26.7 Å². The number of benzene rings is 4. The quantitative estimate of drug-likeness (QED) is 0.346. The SMILES string of the molecule is Clc1ccc2ccc3c([nH]c4ccc5ccccc5c43)c2c1. The van der Waals surface area contributed by atoms with E-state index in [-0.39, 0.29) is 0 Å². The zero-order valence-electron chi connectivity index (χ0n) is 11.7. The van der Waals surface area contributed by atoms with Crippen molar-refractivity contribution in [2.75, 3.05) is 0 Å². The topological polar surface area (TPSA) is 15.8 Å². The van der Waals surface area contributed by atoms with Crippen LogP contribution < -0.4 is 0 Å². The lowest BCUT2D eigenvalue weighted by molar-refractivity contribution is 1.57. The fourth-order valence-electron chi connectivity index (χ4n) is 3.44. The summed E-state index contributed by atoms with van der Waals surface area (Å²) in [5, 5.41) is 8.23. The van der Waals surface area contributed by atoms with Crippen LogP contribution in [0.15, 0.2) is 66.7 Å². The van der Waals surface area contributed by atoms with Crippen LogP contribution in [0.3, 0.4) is 0 Å². The highest BCUT2D eigenvalue weighted by Gasteiger charge is 2.10. The van der Waals surface area contributed by atoms with Gasteiger partial charge in [0.05, 0.1) is 5.52 Å². The standard InChI is InChI=1S/C20H12ClN/c21-14-8-5-13-6-9-16-19-15-4-2-1-3-12(15)7-10-18(19)22-20(16)17(13)11-14/h1-11,22H. The molecule has 104 valence electrons. The molecule has 1 heterocycles. The monoisotopic (exact) mass is 301 g/mol. The molecule has 2 heteroatoms. The number of halogens is 1. The molecule has 0 fully saturated rings. The van der Waals surface area contributed by atoms with E-state index in [1.807, 2.05) is 12.1 Å². The van der Waals surface area contributed by atoms with Crippen molar-refractivity contribution in [1.82, 2.24) is 4.98 Å². The van der Waals surface area contributed by atoms with Crippen molar-refractivity contribution in [3.8, 4) is 0 Å². The van der Waals surface area contributed by atoms with Crippen LogP contribution >= 0.6 is 11.6 Å². The molecule has 0 bridgehead atoms. The summed E-state index contributed by atoms with van der Waals surface area (Å²) in [6.07, 6.45) is 0. The fourth-order valence-corrected chi connectivity index (χ4v) is 3.61. The first kappa shape index (κ1) is 12.1. The highest BCUT2D eigenvalue weighted by Crippen LogP contribution is 2.36. The molecule has 0 atom stereocenters. The second-order valence-corrected chi connectivity index (χ2v) is 6.12. The smallest absolute Gasteiger partial charge is 0.0545 e. The third-order valence-corrected chi connectivity index (χ3v) is 4.68. The Balaban J connectivity index is 2.09. The summed E-state index contributed by atoms with van der Waals surface area (Å²) in [5.74, 6) is 0. The van der Waals surface area contributed by atoms with Gasteiger partial charge in [-0.2, -0.15) is 0 Å². The van der Waals surface area contributed by atoms with E-state index in [0.29, 0.717) is 0 Å². The fraction of sp³-hybridized carbons (Fsp3) is 0. The summed E-state index contributed by atoms with van der Waals surface area (Å²) in [7, 11) is 0. The molecular formula is C20H12ClN. The summed E-state index contributed by atoms with van der Waals surface area (Å²) < 4.78 is 0. The van der Waals surface area contributed by atoms with Gasteiger partial charge in [0.25, 0.3) is 0 Å². The van der Waals surface area contributed by atoms with Crippen LogP contribution in [0.25, 0.3) is 43.4 Å². The first-order chi connectivity index (χ1) is 10.8. The maximum absolute atomic E-state index is 6.20. The van der Waals surface area contributed by atoms with Crippen LogP contribution in [-0.2, 0) is 0 Å². The van der Waals surface area contributed by atoms with Crippen molar-refractivity contribution in [3.63, 3.8) is 0 Å². The van der Waals surface area contributed by atoms with Gasteiger partial charge in [-0.3, -0.25) is 0 Å². The molecule has 0 unspecified atom stereocenters. The van der Waals surface area contributed by atoms with Gasteiger partial charge in [0.1, 0.15) is 0 Å². The van der Waals surface area contributed by atoms with Crippen LogP contribution in [0.2, 0.25) is 5.02 Å².